The van der Waals surface area contributed by atoms with Crippen molar-refractivity contribution in [1.29, 1.82) is 5.26 Å². The average Bonchev–Trinajstić information content (AvgIpc) is 2.47. The van der Waals surface area contributed by atoms with Gasteiger partial charge in [-0.05, 0) is 0 Å². The summed E-state index contributed by atoms with van der Waals surface area (Å²) in [5.74, 6) is 0.166. The van der Waals surface area contributed by atoms with E-state index in [9.17, 15) is 4.79 Å². The van der Waals surface area contributed by atoms with Crippen LogP contribution in [0.3, 0.4) is 0 Å². The summed E-state index contributed by atoms with van der Waals surface area (Å²) in [5, 5.41) is 10.5. The molecule has 0 spiro atoms. The molecule has 5 heteroatoms. The van der Waals surface area contributed by atoms with Gasteiger partial charge in [0.05, 0.1) is 19.2 Å². The summed E-state index contributed by atoms with van der Waals surface area (Å²) in [5.41, 5.74) is 3.81. The molecule has 0 amide bonds. The van der Waals surface area contributed by atoms with Crippen molar-refractivity contribution >= 4 is 5.78 Å². The Bertz CT molecular complexity index is 446. The van der Waals surface area contributed by atoms with Crippen LogP contribution in [0.25, 0.3) is 0 Å². The number of carbonyl (C=O) groups is 1. The van der Waals surface area contributed by atoms with Crippen LogP contribution in [0, 0.1) is 11.3 Å². The van der Waals surface area contributed by atoms with Crippen LogP contribution in [0.4, 0.5) is 0 Å². The second-order valence-corrected chi connectivity index (χ2v) is 4.55. The van der Waals surface area contributed by atoms with Crippen LogP contribution >= 0.6 is 0 Å². The fourth-order valence-corrected chi connectivity index (χ4v) is 2.13. The average molecular weight is 258 g/mol. The molecule has 1 aliphatic rings. The molecule has 1 aliphatic heterocycles. The smallest absolute Gasteiger partial charge is 0.176 e. The van der Waals surface area contributed by atoms with E-state index >= 15 is 0 Å². The zero-order valence-corrected chi connectivity index (χ0v) is 10.9. The number of hydrogen-bond donors (Lipinski definition) is 1. The summed E-state index contributed by atoms with van der Waals surface area (Å²) in [6.07, 6.45) is 0. The molecule has 0 unspecified atom stereocenters. The van der Waals surface area contributed by atoms with Gasteiger partial charge in [0, 0.05) is 31.7 Å². The molecule has 1 fully saturated rings. The summed E-state index contributed by atoms with van der Waals surface area (Å²) in [6.45, 7) is 4.17. The molecule has 1 aromatic rings. The molecule has 0 radical (unpaired) electrons. The van der Waals surface area contributed by atoms with E-state index in [1.807, 2.05) is 35.3 Å². The topological polar surface area (TPSA) is 59.4 Å². The third kappa shape index (κ3) is 4.14. The van der Waals surface area contributed by atoms with Gasteiger partial charge in [-0.3, -0.25) is 9.69 Å². The van der Waals surface area contributed by atoms with Gasteiger partial charge in [-0.2, -0.15) is 5.26 Å². The van der Waals surface area contributed by atoms with E-state index in [2.05, 4.69) is 16.4 Å². The number of carbonyl (C=O) groups excluding carboxylic acids is 1. The van der Waals surface area contributed by atoms with Crippen LogP contribution in [0.1, 0.15) is 10.4 Å². The highest BCUT2D eigenvalue weighted by Gasteiger charge is 2.18. The number of nitriles is 1. The minimum Gasteiger partial charge on any atom is -0.293 e. The molecule has 1 saturated heterocycles. The van der Waals surface area contributed by atoms with E-state index in [0.29, 0.717) is 13.1 Å². The second-order valence-electron chi connectivity index (χ2n) is 4.55. The highest BCUT2D eigenvalue weighted by molar-refractivity contribution is 5.97. The zero-order chi connectivity index (χ0) is 13.5. The van der Waals surface area contributed by atoms with E-state index < -0.39 is 0 Å². The minimum atomic E-state index is 0.166. The molecule has 1 N–H and O–H groups in total. The minimum absolute atomic E-state index is 0.166. The van der Waals surface area contributed by atoms with Gasteiger partial charge in [0.25, 0.3) is 0 Å². The van der Waals surface area contributed by atoms with Gasteiger partial charge in [0.1, 0.15) is 0 Å². The number of rotatable bonds is 5. The van der Waals surface area contributed by atoms with Crippen LogP contribution in [-0.4, -0.2) is 55.0 Å². The van der Waals surface area contributed by atoms with Gasteiger partial charge < -0.3 is 0 Å². The first kappa shape index (κ1) is 13.7. The Morgan fingerprint density at radius 3 is 2.53 bits per heavy atom. The summed E-state index contributed by atoms with van der Waals surface area (Å²) >= 11 is 0. The second kappa shape index (κ2) is 7.00. The number of hydrogen-bond acceptors (Lipinski definition) is 5. The van der Waals surface area contributed by atoms with Gasteiger partial charge in [0.2, 0.25) is 0 Å². The maximum atomic E-state index is 12.1. The lowest BCUT2D eigenvalue weighted by molar-refractivity contribution is 0.0759. The van der Waals surface area contributed by atoms with Gasteiger partial charge in [-0.1, -0.05) is 30.3 Å². The Hall–Kier alpha value is -1.74. The number of Topliss-reactive ketones (excluding diaryl/α,β-unsaturated/α-hetero) is 1. The molecule has 1 aromatic carbocycles. The highest BCUT2D eigenvalue weighted by Crippen LogP contribution is 2.04. The highest BCUT2D eigenvalue weighted by atomic mass is 16.1. The molecule has 0 aromatic heterocycles. The van der Waals surface area contributed by atoms with Crippen molar-refractivity contribution in [2.75, 3.05) is 39.3 Å². The number of benzene rings is 1. The van der Waals surface area contributed by atoms with Crippen LogP contribution in [0.15, 0.2) is 30.3 Å². The van der Waals surface area contributed by atoms with Crippen molar-refractivity contribution in [2.24, 2.45) is 0 Å². The molecule has 1 heterocycles. The molecule has 5 nitrogen and oxygen atoms in total. The third-order valence-corrected chi connectivity index (χ3v) is 3.22. The predicted octanol–water partition coefficient (Wildman–Crippen LogP) is 0.515. The molecule has 0 saturated carbocycles. The molecule has 19 heavy (non-hydrogen) atoms. The number of nitrogens with one attached hydrogen (secondary N) is 1. The molecule has 0 aliphatic carbocycles. The first-order valence-corrected chi connectivity index (χ1v) is 6.45. The fraction of sp³-hybridized carbons (Fsp3) is 0.429. The molecule has 2 rings (SSSR count). The molecular formula is C14H18N4O. The van der Waals surface area contributed by atoms with E-state index in [-0.39, 0.29) is 5.78 Å². The Balaban J connectivity index is 1.77. The standard InChI is InChI=1S/C14H18N4O/c15-6-7-16-18-10-8-17(9-11-18)12-14(19)13-4-2-1-3-5-13/h1-5,16H,7-12H2. The molecule has 0 atom stereocenters. The predicted molar refractivity (Wildman–Crippen MR) is 72.4 cm³/mol. The van der Waals surface area contributed by atoms with Crippen molar-refractivity contribution < 1.29 is 4.79 Å². The lowest BCUT2D eigenvalue weighted by Crippen LogP contribution is -2.52. The van der Waals surface area contributed by atoms with Crippen molar-refractivity contribution in [3.05, 3.63) is 35.9 Å². The molecular weight excluding hydrogens is 240 g/mol. The number of hydrazine groups is 1. The summed E-state index contributed by atoms with van der Waals surface area (Å²) in [6, 6.07) is 11.5. The van der Waals surface area contributed by atoms with Crippen molar-refractivity contribution in [3.63, 3.8) is 0 Å². The normalized spacial score (nSPS) is 17.0. The van der Waals surface area contributed by atoms with E-state index in [4.69, 9.17) is 5.26 Å². The summed E-state index contributed by atoms with van der Waals surface area (Å²) in [7, 11) is 0. The summed E-state index contributed by atoms with van der Waals surface area (Å²) in [4.78, 5) is 14.2. The quantitative estimate of drug-likeness (QED) is 0.616. The fourth-order valence-electron chi connectivity index (χ4n) is 2.13. The number of nitrogens with zero attached hydrogens (tertiary/aromatic N) is 3. The van der Waals surface area contributed by atoms with Gasteiger partial charge in [-0.15, -0.1) is 0 Å². The monoisotopic (exact) mass is 258 g/mol. The van der Waals surface area contributed by atoms with E-state index in [1.165, 1.54) is 0 Å². The van der Waals surface area contributed by atoms with Crippen LogP contribution in [0.5, 0.6) is 0 Å². The Morgan fingerprint density at radius 2 is 1.89 bits per heavy atom. The van der Waals surface area contributed by atoms with Gasteiger partial charge >= 0.3 is 0 Å². The first-order valence-electron chi connectivity index (χ1n) is 6.45. The first-order chi connectivity index (χ1) is 9.29. The maximum Gasteiger partial charge on any atom is 0.176 e. The Kier molecular flexibility index (Phi) is 5.04. The van der Waals surface area contributed by atoms with Crippen molar-refractivity contribution in [3.8, 4) is 6.07 Å². The van der Waals surface area contributed by atoms with E-state index in [0.717, 1.165) is 31.7 Å². The lowest BCUT2D eigenvalue weighted by atomic mass is 10.1. The van der Waals surface area contributed by atoms with E-state index in [1.54, 1.807) is 0 Å². The van der Waals surface area contributed by atoms with Gasteiger partial charge in [0.15, 0.2) is 5.78 Å². The van der Waals surface area contributed by atoms with Crippen LogP contribution in [-0.2, 0) is 0 Å². The Morgan fingerprint density at radius 1 is 1.21 bits per heavy atom. The Labute approximate surface area is 113 Å². The number of piperazine rings is 1. The SMILES string of the molecule is N#CCNN1CCN(CC(=O)c2ccccc2)CC1. The lowest BCUT2D eigenvalue weighted by Gasteiger charge is -2.33. The number of ketones is 1. The largest absolute Gasteiger partial charge is 0.293 e. The molecule has 0 bridgehead atoms. The molecule has 100 valence electrons. The third-order valence-electron chi connectivity index (χ3n) is 3.22. The zero-order valence-electron chi connectivity index (χ0n) is 10.9. The van der Waals surface area contributed by atoms with Crippen molar-refractivity contribution in [2.45, 2.75) is 0 Å². The van der Waals surface area contributed by atoms with Crippen LogP contribution in [0.2, 0.25) is 0 Å². The van der Waals surface area contributed by atoms with Gasteiger partial charge in [-0.25, -0.2) is 10.4 Å². The van der Waals surface area contributed by atoms with Crippen molar-refractivity contribution in [1.82, 2.24) is 15.3 Å². The van der Waals surface area contributed by atoms with Crippen LogP contribution < -0.4 is 5.43 Å². The maximum absolute atomic E-state index is 12.1. The summed E-state index contributed by atoms with van der Waals surface area (Å²) < 4.78 is 0.